The molecule has 24 heavy (non-hydrogen) atoms. The van der Waals surface area contributed by atoms with Crippen LogP contribution in [0.1, 0.15) is 33.7 Å². The molecule has 0 atom stereocenters. The van der Waals surface area contributed by atoms with E-state index < -0.39 is 0 Å². The molecule has 1 amide bonds. The van der Waals surface area contributed by atoms with Crippen molar-refractivity contribution in [3.63, 3.8) is 0 Å². The van der Waals surface area contributed by atoms with Crippen molar-refractivity contribution in [3.8, 4) is 0 Å². The maximum absolute atomic E-state index is 12.4. The van der Waals surface area contributed by atoms with Crippen molar-refractivity contribution in [2.75, 3.05) is 0 Å². The van der Waals surface area contributed by atoms with E-state index in [2.05, 4.69) is 39.8 Å². The van der Waals surface area contributed by atoms with Crippen LogP contribution >= 0.6 is 0 Å². The van der Waals surface area contributed by atoms with Crippen LogP contribution in [0.4, 0.5) is 0 Å². The zero-order valence-corrected chi connectivity index (χ0v) is 13.2. The number of aromatic nitrogens is 2. The molecule has 0 fully saturated rings. The molecule has 0 aliphatic heterocycles. The number of nitrogens with one attached hydrogen (secondary N) is 3. The minimum Gasteiger partial charge on any atom is -0.298 e. The Kier molecular flexibility index (Phi) is 3.54. The molecular weight excluding hydrogens is 300 g/mol. The van der Waals surface area contributed by atoms with Crippen molar-refractivity contribution >= 4 is 22.4 Å². The van der Waals surface area contributed by atoms with Gasteiger partial charge in [0.05, 0.1) is 5.70 Å². The summed E-state index contributed by atoms with van der Waals surface area (Å²) in [5.74, 6) is -0.240. The SMILES string of the molecule is C=C(NNC(=O)c1n[nH]c2c1CCC2)c1cccc2ccccc12. The fraction of sp³-hybridized carbons (Fsp3) is 0.158. The number of amides is 1. The minimum atomic E-state index is -0.240. The third-order valence-electron chi connectivity index (χ3n) is 4.46. The summed E-state index contributed by atoms with van der Waals surface area (Å²) in [5, 5.41) is 9.31. The highest BCUT2D eigenvalue weighted by Crippen LogP contribution is 2.24. The molecule has 4 rings (SSSR count). The van der Waals surface area contributed by atoms with Gasteiger partial charge in [0.15, 0.2) is 5.69 Å². The maximum Gasteiger partial charge on any atom is 0.290 e. The first-order chi connectivity index (χ1) is 11.7. The van der Waals surface area contributed by atoms with Crippen molar-refractivity contribution in [2.24, 2.45) is 0 Å². The highest BCUT2D eigenvalue weighted by Gasteiger charge is 2.22. The van der Waals surface area contributed by atoms with Crippen LogP contribution in [0.3, 0.4) is 0 Å². The first kappa shape index (κ1) is 14.5. The van der Waals surface area contributed by atoms with Crippen LogP contribution in [0.2, 0.25) is 0 Å². The number of carbonyl (C=O) groups is 1. The first-order valence-corrected chi connectivity index (χ1v) is 8.03. The molecule has 1 aliphatic carbocycles. The third-order valence-corrected chi connectivity index (χ3v) is 4.46. The summed E-state index contributed by atoms with van der Waals surface area (Å²) < 4.78 is 0. The van der Waals surface area contributed by atoms with E-state index in [-0.39, 0.29) is 5.91 Å². The zero-order chi connectivity index (χ0) is 16.5. The van der Waals surface area contributed by atoms with Gasteiger partial charge in [-0.2, -0.15) is 5.10 Å². The van der Waals surface area contributed by atoms with Gasteiger partial charge in [-0.05, 0) is 30.0 Å². The molecule has 2 aromatic carbocycles. The van der Waals surface area contributed by atoms with Gasteiger partial charge in [0.25, 0.3) is 5.91 Å². The van der Waals surface area contributed by atoms with Gasteiger partial charge >= 0.3 is 0 Å². The molecule has 5 nitrogen and oxygen atoms in total. The van der Waals surface area contributed by atoms with Crippen molar-refractivity contribution in [1.29, 1.82) is 0 Å². The maximum atomic E-state index is 12.4. The summed E-state index contributed by atoms with van der Waals surface area (Å²) in [5.41, 5.74) is 9.82. The summed E-state index contributed by atoms with van der Waals surface area (Å²) in [6.45, 7) is 4.05. The molecule has 0 radical (unpaired) electrons. The Morgan fingerprint density at radius 3 is 2.83 bits per heavy atom. The van der Waals surface area contributed by atoms with Gasteiger partial charge < -0.3 is 0 Å². The van der Waals surface area contributed by atoms with Crippen LogP contribution in [-0.4, -0.2) is 16.1 Å². The molecule has 0 saturated heterocycles. The second kappa shape index (κ2) is 5.85. The van der Waals surface area contributed by atoms with Gasteiger partial charge in [0, 0.05) is 16.8 Å². The van der Waals surface area contributed by atoms with Crippen LogP contribution in [0, 0.1) is 0 Å². The molecule has 5 heteroatoms. The Hall–Kier alpha value is -3.08. The van der Waals surface area contributed by atoms with E-state index in [1.54, 1.807) is 0 Å². The monoisotopic (exact) mass is 318 g/mol. The Morgan fingerprint density at radius 2 is 1.92 bits per heavy atom. The fourth-order valence-electron chi connectivity index (χ4n) is 3.25. The third kappa shape index (κ3) is 2.44. The van der Waals surface area contributed by atoms with Crippen molar-refractivity contribution in [2.45, 2.75) is 19.3 Å². The number of rotatable bonds is 4. The Morgan fingerprint density at radius 1 is 1.08 bits per heavy atom. The number of hydrogen-bond donors (Lipinski definition) is 3. The fourth-order valence-corrected chi connectivity index (χ4v) is 3.25. The molecular formula is C19H18N4O. The lowest BCUT2D eigenvalue weighted by Gasteiger charge is -2.13. The average molecular weight is 318 g/mol. The second-order valence-electron chi connectivity index (χ2n) is 5.97. The molecule has 3 N–H and O–H groups in total. The molecule has 0 saturated carbocycles. The van der Waals surface area contributed by atoms with Crippen molar-refractivity contribution in [3.05, 3.63) is 71.6 Å². The summed E-state index contributed by atoms with van der Waals surface area (Å²) in [4.78, 5) is 12.4. The summed E-state index contributed by atoms with van der Waals surface area (Å²) >= 11 is 0. The molecule has 0 unspecified atom stereocenters. The molecule has 1 aliphatic rings. The molecule has 1 heterocycles. The Labute approximate surface area is 139 Å². The summed E-state index contributed by atoms with van der Waals surface area (Å²) in [7, 11) is 0. The van der Waals surface area contributed by atoms with Crippen LogP contribution < -0.4 is 10.9 Å². The molecule has 0 spiro atoms. The number of hydrogen-bond acceptors (Lipinski definition) is 3. The van der Waals surface area contributed by atoms with Crippen LogP contribution in [-0.2, 0) is 12.8 Å². The van der Waals surface area contributed by atoms with E-state index in [0.29, 0.717) is 11.4 Å². The van der Waals surface area contributed by atoms with Crippen molar-refractivity contribution in [1.82, 2.24) is 21.0 Å². The summed E-state index contributed by atoms with van der Waals surface area (Å²) in [6, 6.07) is 14.1. The van der Waals surface area contributed by atoms with Gasteiger partial charge in [-0.3, -0.25) is 20.7 Å². The van der Waals surface area contributed by atoms with E-state index in [1.807, 2.05) is 30.3 Å². The number of nitrogens with zero attached hydrogens (tertiary/aromatic N) is 1. The van der Waals surface area contributed by atoms with E-state index in [9.17, 15) is 4.79 Å². The first-order valence-electron chi connectivity index (χ1n) is 8.03. The smallest absolute Gasteiger partial charge is 0.290 e. The quantitative estimate of drug-likeness (QED) is 0.648. The normalized spacial score (nSPS) is 12.8. The van der Waals surface area contributed by atoms with E-state index >= 15 is 0 Å². The highest BCUT2D eigenvalue weighted by molar-refractivity contribution is 5.96. The predicted molar refractivity (Wildman–Crippen MR) is 94.2 cm³/mol. The predicted octanol–water partition coefficient (Wildman–Crippen LogP) is 2.96. The molecule has 0 bridgehead atoms. The second-order valence-corrected chi connectivity index (χ2v) is 5.97. The van der Waals surface area contributed by atoms with E-state index in [0.717, 1.165) is 46.9 Å². The van der Waals surface area contributed by atoms with Crippen LogP contribution in [0.5, 0.6) is 0 Å². The lowest BCUT2D eigenvalue weighted by molar-refractivity contribution is 0.0936. The highest BCUT2D eigenvalue weighted by atomic mass is 16.2. The Bertz CT molecular complexity index is 936. The minimum absolute atomic E-state index is 0.240. The molecule has 120 valence electrons. The number of H-pyrrole nitrogens is 1. The van der Waals surface area contributed by atoms with Crippen LogP contribution in [0.25, 0.3) is 16.5 Å². The molecule has 3 aromatic rings. The van der Waals surface area contributed by atoms with E-state index in [4.69, 9.17) is 0 Å². The lowest BCUT2D eigenvalue weighted by atomic mass is 10.0. The van der Waals surface area contributed by atoms with Crippen molar-refractivity contribution < 1.29 is 4.79 Å². The number of aryl methyl sites for hydroxylation is 1. The summed E-state index contributed by atoms with van der Waals surface area (Å²) in [6.07, 6.45) is 2.94. The van der Waals surface area contributed by atoms with Crippen LogP contribution in [0.15, 0.2) is 49.0 Å². The number of aromatic amines is 1. The number of fused-ring (bicyclic) bond motifs is 2. The van der Waals surface area contributed by atoms with Gasteiger partial charge in [-0.25, -0.2) is 0 Å². The number of hydrazine groups is 1. The Balaban J connectivity index is 1.51. The zero-order valence-electron chi connectivity index (χ0n) is 13.2. The standard InChI is InChI=1S/C19H18N4O/c1-12(14-9-4-7-13-6-2-3-8-15(13)14)20-23-19(24)18-16-10-5-11-17(16)21-22-18/h2-4,6-9,20H,1,5,10-11H2,(H,21,22)(H,23,24). The van der Waals surface area contributed by atoms with Gasteiger partial charge in [-0.15, -0.1) is 0 Å². The average Bonchev–Trinajstić information content (AvgIpc) is 3.22. The van der Waals surface area contributed by atoms with Gasteiger partial charge in [0.1, 0.15) is 0 Å². The lowest BCUT2D eigenvalue weighted by Crippen LogP contribution is -2.36. The number of benzene rings is 2. The van der Waals surface area contributed by atoms with E-state index in [1.165, 1.54) is 0 Å². The topological polar surface area (TPSA) is 69.8 Å². The van der Waals surface area contributed by atoms with Gasteiger partial charge in [-0.1, -0.05) is 49.0 Å². The van der Waals surface area contributed by atoms with Gasteiger partial charge in [0.2, 0.25) is 0 Å². The molecule has 1 aromatic heterocycles. The number of carbonyl (C=O) groups excluding carboxylic acids is 1. The largest absolute Gasteiger partial charge is 0.298 e.